The van der Waals surface area contributed by atoms with Crippen LogP contribution in [0.2, 0.25) is 0 Å². The molecule has 0 unspecified atom stereocenters. The molecule has 0 spiro atoms. The molecule has 32 heavy (non-hydrogen) atoms. The zero-order chi connectivity index (χ0) is 22.5. The number of nitrogens with one attached hydrogen (secondary N) is 2. The van der Waals surface area contributed by atoms with Gasteiger partial charge in [0, 0.05) is 17.5 Å². The maximum absolute atomic E-state index is 13.3. The Morgan fingerprint density at radius 1 is 1.19 bits per heavy atom. The van der Waals surface area contributed by atoms with E-state index in [1.807, 2.05) is 35.7 Å². The molecular weight excluding hydrogens is 448 g/mol. The molecule has 2 N–H and O–H groups in total. The first-order valence-corrected chi connectivity index (χ1v) is 11.4. The first-order valence-electron chi connectivity index (χ1n) is 9.52. The molecule has 3 heterocycles. The van der Waals surface area contributed by atoms with Crippen LogP contribution >= 0.6 is 23.1 Å². The first-order chi connectivity index (χ1) is 15.6. The minimum atomic E-state index is -0.566. The highest BCUT2D eigenvalue weighted by atomic mass is 32.2. The Morgan fingerprint density at radius 3 is 2.72 bits per heavy atom. The Balaban J connectivity index is 1.54. The van der Waals surface area contributed by atoms with Gasteiger partial charge in [-0.3, -0.25) is 29.8 Å². The van der Waals surface area contributed by atoms with Crippen molar-refractivity contribution in [2.75, 3.05) is 5.75 Å². The van der Waals surface area contributed by atoms with E-state index in [0.717, 1.165) is 22.9 Å². The molecule has 4 rings (SSSR count). The van der Waals surface area contributed by atoms with Crippen molar-refractivity contribution in [1.29, 1.82) is 0 Å². The number of amides is 2. The number of hydrogen-bond donors (Lipinski definition) is 2. The molecule has 0 radical (unpaired) electrons. The van der Waals surface area contributed by atoms with Crippen LogP contribution in [0, 0.1) is 0 Å². The summed E-state index contributed by atoms with van der Waals surface area (Å²) < 4.78 is 6.46. The van der Waals surface area contributed by atoms with Gasteiger partial charge in [-0.2, -0.15) is 0 Å². The summed E-state index contributed by atoms with van der Waals surface area (Å²) in [5, 5.41) is 2.86. The second-order valence-electron chi connectivity index (χ2n) is 6.56. The largest absolute Gasteiger partial charge is 0.459 e. The van der Waals surface area contributed by atoms with Crippen molar-refractivity contribution in [3.63, 3.8) is 0 Å². The summed E-state index contributed by atoms with van der Waals surface area (Å²) in [6.45, 7) is 3.98. The average Bonchev–Trinajstić information content (AvgIpc) is 3.49. The second-order valence-corrected chi connectivity index (χ2v) is 8.36. The number of rotatable bonds is 7. The maximum Gasteiger partial charge on any atom is 0.305 e. The van der Waals surface area contributed by atoms with Crippen LogP contribution in [0.4, 0.5) is 0 Å². The number of benzene rings is 1. The zero-order valence-electron chi connectivity index (χ0n) is 16.7. The van der Waals surface area contributed by atoms with E-state index in [1.165, 1.54) is 28.2 Å². The summed E-state index contributed by atoms with van der Waals surface area (Å²) in [5.74, 6) is -0.990. The lowest BCUT2D eigenvalue weighted by atomic mass is 10.1. The van der Waals surface area contributed by atoms with Crippen LogP contribution in [0.15, 0.2) is 81.1 Å². The predicted molar refractivity (Wildman–Crippen MR) is 125 cm³/mol. The Hall–Kier alpha value is -3.63. The molecule has 2 amide bonds. The second kappa shape index (κ2) is 9.67. The van der Waals surface area contributed by atoms with Crippen LogP contribution < -0.4 is 16.4 Å². The number of fused-ring (bicyclic) bond motifs is 1. The van der Waals surface area contributed by atoms with Crippen LogP contribution in [-0.4, -0.2) is 27.1 Å². The Morgan fingerprint density at radius 2 is 2.00 bits per heavy atom. The third kappa shape index (κ3) is 4.51. The number of hydrazine groups is 1. The van der Waals surface area contributed by atoms with Gasteiger partial charge in [-0.25, -0.2) is 4.98 Å². The molecule has 3 aromatic heterocycles. The number of carbonyl (C=O) groups excluding carboxylic acids is 2. The molecule has 0 aliphatic rings. The number of thiophene rings is 1. The Kier molecular flexibility index (Phi) is 6.52. The highest BCUT2D eigenvalue weighted by Crippen LogP contribution is 2.32. The van der Waals surface area contributed by atoms with Crippen LogP contribution in [-0.2, 0) is 11.3 Å². The van der Waals surface area contributed by atoms with Crippen molar-refractivity contribution < 1.29 is 14.0 Å². The molecule has 162 valence electrons. The monoisotopic (exact) mass is 466 g/mol. The fourth-order valence-electron chi connectivity index (χ4n) is 3.00. The highest BCUT2D eigenvalue weighted by Gasteiger charge is 2.18. The fraction of sp³-hybridized carbons (Fsp3) is 0.0909. The summed E-state index contributed by atoms with van der Waals surface area (Å²) >= 11 is 2.48. The molecule has 0 aliphatic heterocycles. The molecule has 1 aromatic carbocycles. The minimum Gasteiger partial charge on any atom is -0.459 e. The topological polar surface area (TPSA) is 106 Å². The zero-order valence-corrected chi connectivity index (χ0v) is 18.4. The summed E-state index contributed by atoms with van der Waals surface area (Å²) in [7, 11) is 0. The van der Waals surface area contributed by atoms with Gasteiger partial charge in [0.15, 0.2) is 10.9 Å². The molecule has 0 fully saturated rings. The van der Waals surface area contributed by atoms with E-state index in [0.29, 0.717) is 15.4 Å². The van der Waals surface area contributed by atoms with E-state index in [4.69, 9.17) is 4.42 Å². The van der Waals surface area contributed by atoms with Crippen molar-refractivity contribution >= 4 is 45.1 Å². The van der Waals surface area contributed by atoms with E-state index in [2.05, 4.69) is 22.4 Å². The standard InChI is InChI=1S/C22H18N4O4S2/c1-2-10-26-21(29)18-15(14-7-4-3-5-8-14)12-31-20(18)23-22(26)32-13-17(27)24-25-19(28)16-9-6-11-30-16/h2-9,11-12H,1,10,13H2,(H,24,27)(H,25,28). The summed E-state index contributed by atoms with van der Waals surface area (Å²) in [6.07, 6.45) is 2.97. The average molecular weight is 467 g/mol. The van der Waals surface area contributed by atoms with Crippen molar-refractivity contribution in [3.05, 3.63) is 82.9 Å². The lowest BCUT2D eigenvalue weighted by Crippen LogP contribution is -2.42. The summed E-state index contributed by atoms with van der Waals surface area (Å²) in [6, 6.07) is 12.7. The number of allylic oxidation sites excluding steroid dienone is 1. The van der Waals surface area contributed by atoms with Crippen LogP contribution in [0.25, 0.3) is 21.3 Å². The number of furan rings is 1. The van der Waals surface area contributed by atoms with Crippen molar-refractivity contribution in [1.82, 2.24) is 20.4 Å². The first kappa shape index (κ1) is 21.6. The Labute approximate surface area is 190 Å². The third-order valence-electron chi connectivity index (χ3n) is 4.45. The molecule has 0 aliphatic carbocycles. The molecule has 8 nitrogen and oxygen atoms in total. The van der Waals surface area contributed by atoms with E-state index in [9.17, 15) is 14.4 Å². The van der Waals surface area contributed by atoms with E-state index in [1.54, 1.807) is 12.1 Å². The highest BCUT2D eigenvalue weighted by molar-refractivity contribution is 7.99. The smallest absolute Gasteiger partial charge is 0.305 e. The molecule has 10 heteroatoms. The predicted octanol–water partition coefficient (Wildman–Crippen LogP) is 3.46. The lowest BCUT2D eigenvalue weighted by molar-refractivity contribution is -0.119. The fourth-order valence-corrected chi connectivity index (χ4v) is 4.80. The number of carbonyl (C=O) groups is 2. The SMILES string of the molecule is C=CCn1c(SCC(=O)NNC(=O)c2ccco2)nc2scc(-c3ccccc3)c2c1=O. The van der Waals surface area contributed by atoms with Gasteiger partial charge >= 0.3 is 5.91 Å². The van der Waals surface area contributed by atoms with E-state index in [-0.39, 0.29) is 23.6 Å². The molecular formula is C22H18N4O4S2. The van der Waals surface area contributed by atoms with Crippen LogP contribution in [0.1, 0.15) is 10.6 Å². The number of aromatic nitrogens is 2. The van der Waals surface area contributed by atoms with Gasteiger partial charge in [0.1, 0.15) is 4.83 Å². The molecule has 0 saturated carbocycles. The number of nitrogens with zero attached hydrogens (tertiary/aromatic N) is 2. The van der Waals surface area contributed by atoms with E-state index >= 15 is 0 Å². The van der Waals surface area contributed by atoms with Gasteiger partial charge in [-0.15, -0.1) is 17.9 Å². The van der Waals surface area contributed by atoms with E-state index < -0.39 is 11.8 Å². The van der Waals surface area contributed by atoms with Gasteiger partial charge in [0.2, 0.25) is 5.91 Å². The summed E-state index contributed by atoms with van der Waals surface area (Å²) in [5.41, 5.74) is 6.17. The number of hydrogen-bond acceptors (Lipinski definition) is 7. The van der Waals surface area contributed by atoms with Gasteiger partial charge in [-0.1, -0.05) is 48.2 Å². The molecule has 0 atom stereocenters. The van der Waals surface area contributed by atoms with Crippen molar-refractivity contribution in [2.24, 2.45) is 0 Å². The molecule has 0 bridgehead atoms. The maximum atomic E-state index is 13.3. The Bertz CT molecular complexity index is 1330. The molecule has 4 aromatic rings. The van der Waals surface area contributed by atoms with Crippen LogP contribution in [0.5, 0.6) is 0 Å². The normalized spacial score (nSPS) is 10.8. The van der Waals surface area contributed by atoms with Gasteiger partial charge < -0.3 is 4.42 Å². The lowest BCUT2D eigenvalue weighted by Gasteiger charge is -2.11. The van der Waals surface area contributed by atoms with Gasteiger partial charge in [-0.05, 0) is 17.7 Å². The minimum absolute atomic E-state index is 0.0511. The van der Waals surface area contributed by atoms with Gasteiger partial charge in [0.05, 0.1) is 17.4 Å². The van der Waals surface area contributed by atoms with Gasteiger partial charge in [0.25, 0.3) is 5.56 Å². The number of thioether (sulfide) groups is 1. The summed E-state index contributed by atoms with van der Waals surface area (Å²) in [4.78, 5) is 42.5. The quantitative estimate of drug-likeness (QED) is 0.187. The van der Waals surface area contributed by atoms with Crippen LogP contribution in [0.3, 0.4) is 0 Å². The molecule has 0 saturated heterocycles. The van der Waals surface area contributed by atoms with Crippen molar-refractivity contribution in [3.8, 4) is 11.1 Å². The van der Waals surface area contributed by atoms with Crippen molar-refractivity contribution in [2.45, 2.75) is 11.7 Å². The third-order valence-corrected chi connectivity index (χ3v) is 6.30.